The molecule has 9 nitrogen and oxygen atoms in total. The number of nitrogens with one attached hydrogen (secondary N) is 1. The Morgan fingerprint density at radius 1 is 1.03 bits per heavy atom. The first-order valence-corrected chi connectivity index (χ1v) is 13.4. The maximum absolute atomic E-state index is 12.7. The Morgan fingerprint density at radius 3 is 2.16 bits per heavy atom. The highest BCUT2D eigenvalue weighted by Crippen LogP contribution is 2.23. The fraction of sp³-hybridized carbons (Fsp3) is 0.316. The van der Waals surface area contributed by atoms with Crippen LogP contribution in [-0.2, 0) is 29.6 Å². The van der Waals surface area contributed by atoms with Crippen LogP contribution in [0.4, 0.5) is 11.4 Å². The molecule has 0 aliphatic carbocycles. The van der Waals surface area contributed by atoms with Crippen LogP contribution in [0.2, 0.25) is 0 Å². The summed E-state index contributed by atoms with van der Waals surface area (Å²) in [7, 11) is -7.50. The molecule has 1 fully saturated rings. The number of benzene rings is 2. The molecule has 0 atom stereocenters. The third-order valence-electron chi connectivity index (χ3n) is 4.55. The Morgan fingerprint density at radius 2 is 1.61 bits per heavy atom. The van der Waals surface area contributed by atoms with Gasteiger partial charge >= 0.3 is 0 Å². The van der Waals surface area contributed by atoms with E-state index in [2.05, 4.69) is 21.2 Å². The highest BCUT2D eigenvalue weighted by atomic mass is 79.9. The Hall–Kier alpha value is -1.99. The highest BCUT2D eigenvalue weighted by molar-refractivity contribution is 9.10. The van der Waals surface area contributed by atoms with Crippen LogP contribution < -0.4 is 9.62 Å². The monoisotopic (exact) mass is 531 g/mol. The first-order valence-electron chi connectivity index (χ1n) is 9.28. The largest absolute Gasteiger partial charge is 0.379 e. The third-order valence-corrected chi connectivity index (χ3v) is 8.13. The lowest BCUT2D eigenvalue weighted by Crippen LogP contribution is -2.40. The Kier molecular flexibility index (Phi) is 7.37. The van der Waals surface area contributed by atoms with Crippen LogP contribution in [-0.4, -0.2) is 66.2 Å². The van der Waals surface area contributed by atoms with Gasteiger partial charge in [-0.05, 0) is 48.5 Å². The molecular weight excluding hydrogens is 510 g/mol. The zero-order chi connectivity index (χ0) is 22.6. The predicted octanol–water partition coefficient (Wildman–Crippen LogP) is 1.87. The molecule has 0 spiro atoms. The molecule has 1 amide bonds. The van der Waals surface area contributed by atoms with Crippen molar-refractivity contribution < 1.29 is 26.4 Å². The van der Waals surface area contributed by atoms with Gasteiger partial charge in [0.15, 0.2) is 0 Å². The van der Waals surface area contributed by atoms with Gasteiger partial charge in [-0.2, -0.15) is 4.31 Å². The highest BCUT2D eigenvalue weighted by Gasteiger charge is 2.27. The van der Waals surface area contributed by atoms with Crippen molar-refractivity contribution in [3.05, 3.63) is 53.0 Å². The molecule has 1 heterocycles. The average molecular weight is 532 g/mol. The van der Waals surface area contributed by atoms with Crippen LogP contribution >= 0.6 is 15.9 Å². The van der Waals surface area contributed by atoms with Gasteiger partial charge in [-0.25, -0.2) is 16.8 Å². The molecule has 2 aromatic rings. The molecule has 0 bridgehead atoms. The minimum atomic E-state index is -3.79. The topological polar surface area (TPSA) is 113 Å². The molecule has 1 aliphatic rings. The molecular formula is C19H22BrN3O6S2. The number of ether oxygens (including phenoxy) is 1. The standard InChI is InChI=1S/C19H22BrN3O6S2/c1-30(25,26)23(14-19(24)21-16-4-2-15(20)3-5-16)17-6-8-18(9-7-17)31(27,28)22-10-12-29-13-11-22/h2-9H,10-14H2,1H3,(H,21,24). The van der Waals surface area contributed by atoms with Crippen molar-refractivity contribution in [1.82, 2.24) is 4.31 Å². The van der Waals surface area contributed by atoms with Crippen LogP contribution in [0.3, 0.4) is 0 Å². The number of hydrogen-bond donors (Lipinski definition) is 1. The summed E-state index contributed by atoms with van der Waals surface area (Å²) in [5.74, 6) is -0.530. The Bertz CT molecular complexity index is 1130. The van der Waals surface area contributed by atoms with Gasteiger partial charge in [0, 0.05) is 23.2 Å². The molecule has 0 aromatic heterocycles. The van der Waals surface area contributed by atoms with Crippen LogP contribution in [0.25, 0.3) is 0 Å². The average Bonchev–Trinajstić information content (AvgIpc) is 2.74. The number of carbonyl (C=O) groups is 1. The SMILES string of the molecule is CS(=O)(=O)N(CC(=O)Nc1ccc(Br)cc1)c1ccc(S(=O)(=O)N2CCOCC2)cc1. The fourth-order valence-corrected chi connectivity index (χ4v) is 5.51. The molecule has 0 radical (unpaired) electrons. The van der Waals surface area contributed by atoms with E-state index < -0.39 is 32.5 Å². The van der Waals surface area contributed by atoms with Crippen LogP contribution in [0.15, 0.2) is 57.9 Å². The van der Waals surface area contributed by atoms with Gasteiger partial charge in [0.2, 0.25) is 26.0 Å². The molecule has 1 aliphatic heterocycles. The van der Waals surface area contributed by atoms with Gasteiger partial charge in [-0.1, -0.05) is 15.9 Å². The molecule has 1 N–H and O–H groups in total. The van der Waals surface area contributed by atoms with Gasteiger partial charge in [0.1, 0.15) is 6.54 Å². The van der Waals surface area contributed by atoms with E-state index in [1.54, 1.807) is 24.3 Å². The summed E-state index contributed by atoms with van der Waals surface area (Å²) in [5.41, 5.74) is 0.711. The zero-order valence-corrected chi connectivity index (χ0v) is 19.9. The number of morpholine rings is 1. The van der Waals surface area contributed by atoms with E-state index in [1.807, 2.05) is 0 Å². The lowest BCUT2D eigenvalue weighted by atomic mass is 10.3. The van der Waals surface area contributed by atoms with Crippen molar-refractivity contribution in [1.29, 1.82) is 0 Å². The molecule has 12 heteroatoms. The van der Waals surface area contributed by atoms with Crippen molar-refractivity contribution in [2.45, 2.75) is 4.90 Å². The molecule has 2 aromatic carbocycles. The summed E-state index contributed by atoms with van der Waals surface area (Å²) in [6.07, 6.45) is 0.984. The molecule has 3 rings (SSSR count). The van der Waals surface area contributed by atoms with Crippen LogP contribution in [0, 0.1) is 0 Å². The Balaban J connectivity index is 1.78. The maximum atomic E-state index is 12.7. The number of carbonyl (C=O) groups excluding carboxylic acids is 1. The van der Waals surface area contributed by atoms with Crippen molar-refractivity contribution in [2.24, 2.45) is 0 Å². The van der Waals surface area contributed by atoms with Gasteiger partial charge in [0.25, 0.3) is 0 Å². The predicted molar refractivity (Wildman–Crippen MR) is 121 cm³/mol. The van der Waals surface area contributed by atoms with Crippen LogP contribution in [0.1, 0.15) is 0 Å². The molecule has 168 valence electrons. The molecule has 1 saturated heterocycles. The van der Waals surface area contributed by atoms with Crippen LogP contribution in [0.5, 0.6) is 0 Å². The Labute approximate surface area is 190 Å². The van der Waals surface area contributed by atoms with E-state index in [0.717, 1.165) is 15.0 Å². The quantitative estimate of drug-likeness (QED) is 0.583. The van der Waals surface area contributed by atoms with E-state index >= 15 is 0 Å². The van der Waals surface area contributed by atoms with Crippen molar-refractivity contribution >= 4 is 53.3 Å². The van der Waals surface area contributed by atoms with E-state index in [1.165, 1.54) is 28.6 Å². The van der Waals surface area contributed by atoms with E-state index in [0.29, 0.717) is 18.9 Å². The van der Waals surface area contributed by atoms with Crippen molar-refractivity contribution in [2.75, 3.05) is 48.7 Å². The second-order valence-electron chi connectivity index (χ2n) is 6.84. The maximum Gasteiger partial charge on any atom is 0.245 e. The third kappa shape index (κ3) is 6.04. The zero-order valence-electron chi connectivity index (χ0n) is 16.7. The number of anilines is 2. The summed E-state index contributed by atoms with van der Waals surface area (Å²) in [6, 6.07) is 12.3. The summed E-state index contributed by atoms with van der Waals surface area (Å²) in [5, 5.41) is 2.64. The number of sulfonamides is 2. The summed E-state index contributed by atoms with van der Waals surface area (Å²) < 4.78 is 58.3. The van der Waals surface area contributed by atoms with Gasteiger partial charge in [-0.15, -0.1) is 0 Å². The second kappa shape index (κ2) is 9.65. The molecule has 0 saturated carbocycles. The van der Waals surface area contributed by atoms with E-state index in [-0.39, 0.29) is 23.7 Å². The minimum absolute atomic E-state index is 0.0471. The van der Waals surface area contributed by atoms with Gasteiger partial charge in [-0.3, -0.25) is 9.10 Å². The summed E-state index contributed by atoms with van der Waals surface area (Å²) in [4.78, 5) is 12.5. The number of nitrogens with zero attached hydrogens (tertiary/aromatic N) is 2. The number of amides is 1. The van der Waals surface area contributed by atoms with E-state index in [4.69, 9.17) is 4.74 Å². The van der Waals surface area contributed by atoms with Crippen molar-refractivity contribution in [3.8, 4) is 0 Å². The summed E-state index contributed by atoms with van der Waals surface area (Å²) >= 11 is 3.30. The number of rotatable bonds is 7. The normalized spacial score (nSPS) is 15.4. The minimum Gasteiger partial charge on any atom is -0.379 e. The lowest BCUT2D eigenvalue weighted by molar-refractivity contribution is -0.114. The first kappa shape index (κ1) is 23.7. The lowest BCUT2D eigenvalue weighted by Gasteiger charge is -2.26. The second-order valence-corrected chi connectivity index (χ2v) is 11.6. The smallest absolute Gasteiger partial charge is 0.245 e. The number of hydrogen-bond acceptors (Lipinski definition) is 6. The van der Waals surface area contributed by atoms with Crippen molar-refractivity contribution in [3.63, 3.8) is 0 Å². The number of halogens is 1. The van der Waals surface area contributed by atoms with Gasteiger partial charge < -0.3 is 10.1 Å². The first-order chi connectivity index (χ1) is 14.6. The molecule has 31 heavy (non-hydrogen) atoms. The molecule has 0 unspecified atom stereocenters. The van der Waals surface area contributed by atoms with Gasteiger partial charge in [0.05, 0.1) is 30.1 Å². The fourth-order valence-electron chi connectivity index (χ4n) is 2.98. The summed E-state index contributed by atoms with van der Waals surface area (Å²) in [6.45, 7) is 0.718. The van der Waals surface area contributed by atoms with E-state index in [9.17, 15) is 21.6 Å².